The summed E-state index contributed by atoms with van der Waals surface area (Å²) in [6.07, 6.45) is 1.78. The summed E-state index contributed by atoms with van der Waals surface area (Å²) < 4.78 is 1.75. The largest absolute Gasteiger partial charge is 0.504 e. The zero-order valence-corrected chi connectivity index (χ0v) is 11.3. The molecule has 4 heteroatoms. The van der Waals surface area contributed by atoms with Crippen molar-refractivity contribution in [1.29, 1.82) is 0 Å². The van der Waals surface area contributed by atoms with Gasteiger partial charge in [-0.25, -0.2) is 0 Å². The number of aryl methyl sites for hydroxylation is 1. The maximum Gasteiger partial charge on any atom is 0.262 e. The Hall–Kier alpha value is -2.88. The van der Waals surface area contributed by atoms with Gasteiger partial charge in [-0.2, -0.15) is 4.57 Å². The molecule has 0 bridgehead atoms. The van der Waals surface area contributed by atoms with Gasteiger partial charge in [0.05, 0.1) is 5.39 Å². The van der Waals surface area contributed by atoms with E-state index in [9.17, 15) is 15.0 Å². The number of fused-ring (bicyclic) bond motifs is 2. The molecule has 102 valence electrons. The molecule has 0 aliphatic heterocycles. The van der Waals surface area contributed by atoms with E-state index >= 15 is 0 Å². The van der Waals surface area contributed by atoms with Crippen LogP contribution in [0.4, 0.5) is 0 Å². The van der Waals surface area contributed by atoms with E-state index in [1.807, 2.05) is 12.1 Å². The van der Waals surface area contributed by atoms with Crippen LogP contribution < -0.4 is 4.57 Å². The maximum absolute atomic E-state index is 12.7. The molecule has 2 N–H and O–H groups in total. The van der Waals surface area contributed by atoms with Crippen molar-refractivity contribution in [1.82, 2.24) is 0 Å². The molecule has 0 radical (unpaired) electrons. The van der Waals surface area contributed by atoms with E-state index in [1.165, 1.54) is 6.07 Å². The molecular formula is C17H12NO3+. The Morgan fingerprint density at radius 2 is 1.76 bits per heavy atom. The second kappa shape index (κ2) is 3.82. The van der Waals surface area contributed by atoms with Gasteiger partial charge in [0.2, 0.25) is 0 Å². The van der Waals surface area contributed by atoms with Gasteiger partial charge >= 0.3 is 0 Å². The Morgan fingerprint density at radius 3 is 2.52 bits per heavy atom. The molecule has 0 spiro atoms. The molecule has 0 saturated heterocycles. The summed E-state index contributed by atoms with van der Waals surface area (Å²) in [6, 6.07) is 10.4. The first-order valence-corrected chi connectivity index (χ1v) is 6.61. The lowest BCUT2D eigenvalue weighted by Crippen LogP contribution is -2.37. The Kier molecular flexibility index (Phi) is 2.17. The van der Waals surface area contributed by atoms with Crippen molar-refractivity contribution in [2.45, 2.75) is 0 Å². The smallest absolute Gasteiger partial charge is 0.262 e. The van der Waals surface area contributed by atoms with Crippen LogP contribution in [0.5, 0.6) is 11.5 Å². The SMILES string of the molecule is C[n+]1ccc2cc(O)c(O)c3c2c1C(=O)c1ccccc1-3. The first kappa shape index (κ1) is 11.9. The van der Waals surface area contributed by atoms with Gasteiger partial charge in [0.15, 0.2) is 17.7 Å². The number of ketones is 1. The second-order valence-electron chi connectivity index (χ2n) is 5.23. The van der Waals surface area contributed by atoms with Crippen LogP contribution in [0, 0.1) is 0 Å². The van der Waals surface area contributed by atoms with Gasteiger partial charge in [-0.3, -0.25) is 4.79 Å². The van der Waals surface area contributed by atoms with Crippen molar-refractivity contribution in [2.75, 3.05) is 0 Å². The average molecular weight is 278 g/mol. The molecular weight excluding hydrogens is 266 g/mol. The Balaban J connectivity index is 2.34. The zero-order valence-electron chi connectivity index (χ0n) is 11.3. The molecule has 0 unspecified atom stereocenters. The Labute approximate surface area is 120 Å². The third-order valence-electron chi connectivity index (χ3n) is 4.03. The summed E-state index contributed by atoms with van der Waals surface area (Å²) in [6.45, 7) is 0. The molecule has 4 nitrogen and oxygen atoms in total. The number of carbonyl (C=O) groups is 1. The van der Waals surface area contributed by atoms with Crippen molar-refractivity contribution in [2.24, 2.45) is 7.05 Å². The van der Waals surface area contributed by atoms with Crippen LogP contribution in [0.2, 0.25) is 0 Å². The normalized spacial score (nSPS) is 12.5. The monoisotopic (exact) mass is 278 g/mol. The summed E-state index contributed by atoms with van der Waals surface area (Å²) in [5, 5.41) is 21.7. The topological polar surface area (TPSA) is 61.4 Å². The molecule has 0 fully saturated rings. The molecule has 21 heavy (non-hydrogen) atoms. The predicted molar refractivity (Wildman–Crippen MR) is 77.3 cm³/mol. The minimum absolute atomic E-state index is 0.0729. The summed E-state index contributed by atoms with van der Waals surface area (Å²) in [5.74, 6) is -0.437. The number of benzene rings is 2. The number of phenolic OH excluding ortho intramolecular Hbond substituents is 2. The molecule has 3 aromatic rings. The summed E-state index contributed by atoms with van der Waals surface area (Å²) in [7, 11) is 1.80. The number of phenols is 2. The maximum atomic E-state index is 12.7. The molecule has 0 atom stereocenters. The second-order valence-corrected chi connectivity index (χ2v) is 5.23. The van der Waals surface area contributed by atoms with Gasteiger partial charge in [0.1, 0.15) is 7.05 Å². The van der Waals surface area contributed by atoms with Crippen molar-refractivity contribution >= 4 is 16.6 Å². The Morgan fingerprint density at radius 1 is 1.05 bits per heavy atom. The van der Waals surface area contributed by atoms with Gasteiger partial charge in [-0.1, -0.05) is 24.3 Å². The standard InChI is InChI=1S/C17H11NO3/c1-18-7-6-9-8-12(19)17(21)14-10-4-2-3-5-11(10)16(20)15(18)13(9)14/h2-8H,1H3,(H,20,21)/p+1. The van der Waals surface area contributed by atoms with Crippen LogP contribution in [0.1, 0.15) is 16.1 Å². The van der Waals surface area contributed by atoms with Gasteiger partial charge in [0.25, 0.3) is 11.5 Å². The minimum Gasteiger partial charge on any atom is -0.504 e. The summed E-state index contributed by atoms with van der Waals surface area (Å²) in [4.78, 5) is 12.7. The molecule has 1 aliphatic rings. The lowest BCUT2D eigenvalue weighted by Gasteiger charge is -2.19. The fourth-order valence-electron chi connectivity index (χ4n) is 3.07. The zero-order chi connectivity index (χ0) is 14.7. The minimum atomic E-state index is -0.185. The number of rotatable bonds is 0. The van der Waals surface area contributed by atoms with Crippen molar-refractivity contribution in [3.05, 3.63) is 53.9 Å². The van der Waals surface area contributed by atoms with Crippen LogP contribution in [-0.4, -0.2) is 16.0 Å². The lowest BCUT2D eigenvalue weighted by atomic mass is 9.84. The van der Waals surface area contributed by atoms with E-state index in [0.29, 0.717) is 27.8 Å². The van der Waals surface area contributed by atoms with Gasteiger partial charge in [-0.05, 0) is 17.0 Å². The fraction of sp³-hybridized carbons (Fsp3) is 0.0588. The predicted octanol–water partition coefficient (Wildman–Crippen LogP) is 2.29. The van der Waals surface area contributed by atoms with Gasteiger partial charge in [-0.15, -0.1) is 0 Å². The van der Waals surface area contributed by atoms with Gasteiger partial charge < -0.3 is 10.2 Å². The number of pyridine rings is 1. The van der Waals surface area contributed by atoms with Crippen LogP contribution >= 0.6 is 0 Å². The number of aromatic hydroxyl groups is 2. The van der Waals surface area contributed by atoms with E-state index < -0.39 is 0 Å². The first-order valence-electron chi connectivity index (χ1n) is 6.61. The van der Waals surface area contributed by atoms with Crippen LogP contribution in [0.3, 0.4) is 0 Å². The van der Waals surface area contributed by atoms with E-state index in [0.717, 1.165) is 5.39 Å². The Bertz CT molecular complexity index is 944. The van der Waals surface area contributed by atoms with Crippen LogP contribution in [0.15, 0.2) is 42.6 Å². The molecule has 4 rings (SSSR count). The fourth-order valence-corrected chi connectivity index (χ4v) is 3.07. The third-order valence-corrected chi connectivity index (χ3v) is 4.03. The lowest BCUT2D eigenvalue weighted by molar-refractivity contribution is -0.671. The third kappa shape index (κ3) is 1.39. The van der Waals surface area contributed by atoms with E-state index in [-0.39, 0.29) is 17.3 Å². The quantitative estimate of drug-likeness (QED) is 0.383. The molecule has 1 heterocycles. The van der Waals surface area contributed by atoms with Crippen molar-refractivity contribution in [3.63, 3.8) is 0 Å². The van der Waals surface area contributed by atoms with E-state index in [1.54, 1.807) is 36.0 Å². The number of nitrogens with zero attached hydrogens (tertiary/aromatic N) is 1. The highest BCUT2D eigenvalue weighted by molar-refractivity contribution is 6.25. The van der Waals surface area contributed by atoms with Crippen LogP contribution in [0.25, 0.3) is 21.9 Å². The highest BCUT2D eigenvalue weighted by Crippen LogP contribution is 2.47. The number of aromatic nitrogens is 1. The number of hydrogen-bond donors (Lipinski definition) is 2. The average Bonchev–Trinajstić information content (AvgIpc) is 2.49. The summed E-state index contributed by atoms with van der Waals surface area (Å²) in [5.41, 5.74) is 2.23. The summed E-state index contributed by atoms with van der Waals surface area (Å²) >= 11 is 0. The number of carbonyl (C=O) groups excluding carboxylic acids is 1. The van der Waals surface area contributed by atoms with Gasteiger partial charge in [0, 0.05) is 17.2 Å². The van der Waals surface area contributed by atoms with Crippen molar-refractivity contribution in [3.8, 4) is 22.6 Å². The molecule has 1 aromatic heterocycles. The molecule has 1 aliphatic carbocycles. The number of hydrogen-bond acceptors (Lipinski definition) is 3. The van der Waals surface area contributed by atoms with E-state index in [4.69, 9.17) is 0 Å². The molecule has 0 amide bonds. The molecule has 0 saturated carbocycles. The van der Waals surface area contributed by atoms with E-state index in [2.05, 4.69) is 0 Å². The van der Waals surface area contributed by atoms with Crippen LogP contribution in [-0.2, 0) is 7.05 Å². The molecule has 2 aromatic carbocycles. The first-order chi connectivity index (χ1) is 10.1. The van der Waals surface area contributed by atoms with Crippen molar-refractivity contribution < 1.29 is 19.6 Å². The highest BCUT2D eigenvalue weighted by Gasteiger charge is 2.34. The highest BCUT2D eigenvalue weighted by atomic mass is 16.3.